The summed E-state index contributed by atoms with van der Waals surface area (Å²) in [6.45, 7) is 2.43. The molecule has 0 bridgehead atoms. The van der Waals surface area contributed by atoms with E-state index in [9.17, 15) is 4.79 Å². The van der Waals surface area contributed by atoms with E-state index in [2.05, 4.69) is 25.3 Å². The number of hydrogen-bond donors (Lipinski definition) is 2. The molecule has 0 spiro atoms. The quantitative estimate of drug-likeness (QED) is 0.521. The summed E-state index contributed by atoms with van der Waals surface area (Å²) >= 11 is 7.24. The summed E-state index contributed by atoms with van der Waals surface area (Å²) in [5.74, 6) is -0.0276. The highest BCUT2D eigenvalue weighted by atomic mass is 35.5. The van der Waals surface area contributed by atoms with Crippen LogP contribution in [0.4, 0.5) is 0 Å². The van der Waals surface area contributed by atoms with Crippen molar-refractivity contribution in [2.24, 2.45) is 0 Å². The second-order valence-corrected chi connectivity index (χ2v) is 6.97. The van der Waals surface area contributed by atoms with E-state index in [4.69, 9.17) is 11.6 Å². The second-order valence-electron chi connectivity index (χ2n) is 5.21. The van der Waals surface area contributed by atoms with Crippen LogP contribution in [0.2, 0.25) is 5.02 Å². The average Bonchev–Trinajstić information content (AvgIpc) is 3.06. The second kappa shape index (κ2) is 7.63. The number of carbonyl (C=O) groups excluding carboxylic acids is 1. The maximum absolute atomic E-state index is 12.2. The lowest BCUT2D eigenvalue weighted by molar-refractivity contribution is -0.120. The smallest absolute Gasteiger partial charge is 0.233 e. The van der Waals surface area contributed by atoms with Gasteiger partial charge < -0.3 is 10.3 Å². The molecule has 1 atom stereocenters. The van der Waals surface area contributed by atoms with Crippen LogP contribution in [0.1, 0.15) is 12.5 Å². The summed E-state index contributed by atoms with van der Waals surface area (Å²) in [4.78, 5) is 27.6. The number of aromatic amines is 1. The van der Waals surface area contributed by atoms with Gasteiger partial charge in [0.25, 0.3) is 0 Å². The lowest BCUT2D eigenvalue weighted by Gasteiger charge is -2.11. The summed E-state index contributed by atoms with van der Waals surface area (Å²) in [5, 5.41) is 4.11. The van der Waals surface area contributed by atoms with E-state index >= 15 is 0 Å². The third-order valence-corrected chi connectivity index (χ3v) is 4.82. The monoisotopic (exact) mass is 361 g/mol. The van der Waals surface area contributed by atoms with Gasteiger partial charge in [0.1, 0.15) is 16.9 Å². The minimum Gasteiger partial charge on any atom is -0.355 e. The van der Waals surface area contributed by atoms with E-state index in [0.717, 1.165) is 22.5 Å². The van der Waals surface area contributed by atoms with Crippen molar-refractivity contribution < 1.29 is 4.79 Å². The van der Waals surface area contributed by atoms with Crippen LogP contribution in [0.3, 0.4) is 0 Å². The van der Waals surface area contributed by atoms with Gasteiger partial charge in [0, 0.05) is 11.6 Å². The predicted molar refractivity (Wildman–Crippen MR) is 95.2 cm³/mol. The molecule has 0 aliphatic heterocycles. The highest BCUT2D eigenvalue weighted by Gasteiger charge is 2.17. The maximum atomic E-state index is 12.2. The molecule has 0 saturated heterocycles. The van der Waals surface area contributed by atoms with Gasteiger partial charge in [-0.1, -0.05) is 35.5 Å². The van der Waals surface area contributed by atoms with E-state index in [1.807, 2.05) is 31.2 Å². The molecule has 0 aliphatic carbocycles. The fraction of sp³-hybridized carbons (Fsp3) is 0.250. The van der Waals surface area contributed by atoms with Gasteiger partial charge in [0.15, 0.2) is 5.65 Å². The third kappa shape index (κ3) is 4.04. The summed E-state index contributed by atoms with van der Waals surface area (Å²) < 4.78 is 0. The Balaban J connectivity index is 1.53. The van der Waals surface area contributed by atoms with Crippen LogP contribution in [0.5, 0.6) is 0 Å². The maximum Gasteiger partial charge on any atom is 0.233 e. The molecule has 0 unspecified atom stereocenters. The SMILES string of the molecule is C[C@H](Sc1ncnc2nc[nH]c12)C(=O)NCCc1ccc(Cl)cc1. The Morgan fingerprint density at radius 3 is 2.88 bits per heavy atom. The number of H-pyrrole nitrogens is 1. The number of carbonyl (C=O) groups is 1. The molecule has 6 nitrogen and oxygen atoms in total. The minimum absolute atomic E-state index is 0.0276. The number of aromatic nitrogens is 4. The van der Waals surface area contributed by atoms with Crippen LogP contribution < -0.4 is 5.32 Å². The number of thioether (sulfide) groups is 1. The van der Waals surface area contributed by atoms with Gasteiger partial charge in [-0.05, 0) is 31.0 Å². The van der Waals surface area contributed by atoms with Crippen molar-refractivity contribution in [3.63, 3.8) is 0 Å². The molecule has 1 amide bonds. The molecule has 0 fully saturated rings. The first-order valence-corrected chi connectivity index (χ1v) is 8.72. The topological polar surface area (TPSA) is 83.6 Å². The Morgan fingerprint density at radius 1 is 1.29 bits per heavy atom. The molecule has 124 valence electrons. The number of imidazole rings is 1. The molecular weight excluding hydrogens is 346 g/mol. The summed E-state index contributed by atoms with van der Waals surface area (Å²) in [7, 11) is 0. The largest absolute Gasteiger partial charge is 0.355 e. The molecule has 8 heteroatoms. The van der Waals surface area contributed by atoms with Crippen molar-refractivity contribution in [3.8, 4) is 0 Å². The van der Waals surface area contributed by atoms with Crippen LogP contribution in [-0.4, -0.2) is 37.6 Å². The zero-order valence-corrected chi connectivity index (χ0v) is 14.6. The normalized spacial score (nSPS) is 12.2. The van der Waals surface area contributed by atoms with Gasteiger partial charge >= 0.3 is 0 Å². The molecule has 24 heavy (non-hydrogen) atoms. The van der Waals surface area contributed by atoms with E-state index in [0.29, 0.717) is 17.2 Å². The summed E-state index contributed by atoms with van der Waals surface area (Å²) in [5.41, 5.74) is 2.49. The van der Waals surface area contributed by atoms with E-state index in [-0.39, 0.29) is 11.2 Å². The Hall–Kier alpha value is -2.12. The fourth-order valence-electron chi connectivity index (χ4n) is 2.18. The third-order valence-electron chi connectivity index (χ3n) is 3.47. The van der Waals surface area contributed by atoms with Crippen molar-refractivity contribution in [2.45, 2.75) is 23.6 Å². The highest BCUT2D eigenvalue weighted by molar-refractivity contribution is 8.00. The number of hydrogen-bond acceptors (Lipinski definition) is 5. The van der Waals surface area contributed by atoms with E-state index in [1.165, 1.54) is 18.1 Å². The molecule has 2 aromatic heterocycles. The van der Waals surface area contributed by atoms with Gasteiger partial charge in [0.05, 0.1) is 11.6 Å². The predicted octanol–water partition coefficient (Wildman–Crippen LogP) is 2.85. The van der Waals surface area contributed by atoms with Crippen LogP contribution in [-0.2, 0) is 11.2 Å². The van der Waals surface area contributed by atoms with Crippen LogP contribution >= 0.6 is 23.4 Å². The van der Waals surface area contributed by atoms with Gasteiger partial charge in [0.2, 0.25) is 5.91 Å². The van der Waals surface area contributed by atoms with Crippen LogP contribution in [0, 0.1) is 0 Å². The molecule has 3 rings (SSSR count). The molecular formula is C16H16ClN5OS. The molecule has 0 saturated carbocycles. The van der Waals surface area contributed by atoms with Gasteiger partial charge in [-0.25, -0.2) is 15.0 Å². The Kier molecular flexibility index (Phi) is 5.32. The van der Waals surface area contributed by atoms with Gasteiger partial charge in [-0.15, -0.1) is 0 Å². The van der Waals surface area contributed by atoms with Crippen LogP contribution in [0.25, 0.3) is 11.2 Å². The van der Waals surface area contributed by atoms with E-state index in [1.54, 1.807) is 6.33 Å². The van der Waals surface area contributed by atoms with E-state index < -0.39 is 0 Å². The van der Waals surface area contributed by atoms with Crippen molar-refractivity contribution >= 4 is 40.4 Å². The molecule has 2 N–H and O–H groups in total. The molecule has 0 radical (unpaired) electrons. The molecule has 3 aromatic rings. The first-order valence-electron chi connectivity index (χ1n) is 7.46. The number of amides is 1. The van der Waals surface area contributed by atoms with Gasteiger partial charge in [-0.2, -0.15) is 0 Å². The van der Waals surface area contributed by atoms with Crippen molar-refractivity contribution in [1.29, 1.82) is 0 Å². The van der Waals surface area contributed by atoms with Gasteiger partial charge in [-0.3, -0.25) is 4.79 Å². The Labute approximate surface area is 148 Å². The first-order chi connectivity index (χ1) is 11.6. The number of benzene rings is 1. The number of nitrogens with one attached hydrogen (secondary N) is 2. The highest BCUT2D eigenvalue weighted by Crippen LogP contribution is 2.25. The van der Waals surface area contributed by atoms with Crippen molar-refractivity contribution in [2.75, 3.05) is 6.54 Å². The number of halogens is 1. The standard InChI is InChI=1S/C16H16ClN5OS/c1-10(24-16-13-14(20-8-19-13)21-9-22-16)15(23)18-7-6-11-2-4-12(17)5-3-11/h2-5,8-10H,6-7H2,1H3,(H,18,23)(H,19,20,21,22)/t10-/m0/s1. The zero-order chi connectivity index (χ0) is 16.9. The molecule has 2 heterocycles. The van der Waals surface area contributed by atoms with Crippen molar-refractivity contribution in [1.82, 2.24) is 25.3 Å². The average molecular weight is 362 g/mol. The Bertz CT molecular complexity index is 836. The van der Waals surface area contributed by atoms with Crippen LogP contribution in [0.15, 0.2) is 41.9 Å². The number of rotatable bonds is 6. The molecule has 1 aromatic carbocycles. The number of nitrogens with zero attached hydrogens (tertiary/aromatic N) is 3. The molecule has 0 aliphatic rings. The zero-order valence-electron chi connectivity index (χ0n) is 13.0. The lowest BCUT2D eigenvalue weighted by Crippen LogP contribution is -2.32. The summed E-state index contributed by atoms with van der Waals surface area (Å²) in [6, 6.07) is 7.62. The summed E-state index contributed by atoms with van der Waals surface area (Å²) in [6.07, 6.45) is 3.79. The number of fused-ring (bicyclic) bond motifs is 1. The lowest BCUT2D eigenvalue weighted by atomic mass is 10.1. The first kappa shape index (κ1) is 16.7. The minimum atomic E-state index is -0.267. The van der Waals surface area contributed by atoms with Crippen molar-refractivity contribution in [3.05, 3.63) is 47.5 Å². The fourth-order valence-corrected chi connectivity index (χ4v) is 3.21. The Morgan fingerprint density at radius 2 is 2.08 bits per heavy atom.